The van der Waals surface area contributed by atoms with Crippen LogP contribution in [0.15, 0.2) is 76.6 Å². The van der Waals surface area contributed by atoms with Gasteiger partial charge in [0.2, 0.25) is 5.91 Å². The van der Waals surface area contributed by atoms with E-state index in [1.165, 1.54) is 47.2 Å². The lowest BCUT2D eigenvalue weighted by Gasteiger charge is -2.13. The Morgan fingerprint density at radius 1 is 1.07 bits per heavy atom. The first kappa shape index (κ1) is 20.3. The molecule has 0 saturated carbocycles. The highest BCUT2D eigenvalue weighted by Crippen LogP contribution is 2.24. The maximum Gasteiger partial charge on any atom is 0.262 e. The number of aromatic nitrogens is 1. The highest BCUT2D eigenvalue weighted by molar-refractivity contribution is 7.92. The molecule has 3 aromatic rings. The van der Waals surface area contributed by atoms with E-state index in [0.29, 0.717) is 5.56 Å². The molecule has 1 heterocycles. The lowest BCUT2D eigenvalue weighted by atomic mass is 10.2. The molecule has 7 nitrogen and oxygen atoms in total. The van der Waals surface area contributed by atoms with E-state index < -0.39 is 21.7 Å². The first-order valence-corrected chi connectivity index (χ1v) is 10.1. The van der Waals surface area contributed by atoms with Crippen LogP contribution in [0.5, 0.6) is 0 Å². The zero-order valence-electron chi connectivity index (χ0n) is 15.4. The van der Waals surface area contributed by atoms with Crippen LogP contribution in [-0.2, 0) is 21.4 Å². The minimum atomic E-state index is -4.09. The molecule has 1 aromatic heterocycles. The number of nitrogens with one attached hydrogen (secondary N) is 2. The Labute approximate surface area is 166 Å². The SMILES string of the molecule is Cc1ccc(NC(=O)Cn2ccccc2=O)cc1S(=O)(=O)Nc1ccccc1F. The summed E-state index contributed by atoms with van der Waals surface area (Å²) in [5.41, 5.74) is 0.151. The van der Waals surface area contributed by atoms with Gasteiger partial charge in [0.05, 0.1) is 10.6 Å². The van der Waals surface area contributed by atoms with Gasteiger partial charge in [-0.15, -0.1) is 0 Å². The Bertz CT molecular complexity index is 1220. The van der Waals surface area contributed by atoms with Crippen LogP contribution in [-0.4, -0.2) is 18.9 Å². The van der Waals surface area contributed by atoms with E-state index in [2.05, 4.69) is 10.0 Å². The third kappa shape index (κ3) is 4.88. The van der Waals surface area contributed by atoms with Gasteiger partial charge in [-0.1, -0.05) is 24.3 Å². The third-order valence-electron chi connectivity index (χ3n) is 4.09. The molecule has 3 rings (SSSR count). The first-order chi connectivity index (χ1) is 13.8. The fraction of sp³-hybridized carbons (Fsp3) is 0.100. The summed E-state index contributed by atoms with van der Waals surface area (Å²) in [5, 5.41) is 2.57. The van der Waals surface area contributed by atoms with Gasteiger partial charge in [0.1, 0.15) is 12.4 Å². The van der Waals surface area contributed by atoms with Crippen molar-refractivity contribution in [3.63, 3.8) is 0 Å². The molecule has 0 saturated heterocycles. The van der Waals surface area contributed by atoms with Gasteiger partial charge in [-0.25, -0.2) is 12.8 Å². The van der Waals surface area contributed by atoms with Crippen molar-refractivity contribution >= 4 is 27.3 Å². The molecule has 0 aliphatic rings. The monoisotopic (exact) mass is 415 g/mol. The number of halogens is 1. The highest BCUT2D eigenvalue weighted by Gasteiger charge is 2.19. The molecule has 0 unspecified atom stereocenters. The summed E-state index contributed by atoms with van der Waals surface area (Å²) >= 11 is 0. The maximum absolute atomic E-state index is 13.8. The fourth-order valence-electron chi connectivity index (χ4n) is 2.66. The number of pyridine rings is 1. The number of rotatable bonds is 6. The van der Waals surface area contributed by atoms with Crippen molar-refractivity contribution in [3.8, 4) is 0 Å². The van der Waals surface area contributed by atoms with Crippen molar-refractivity contribution < 1.29 is 17.6 Å². The number of para-hydroxylation sites is 1. The van der Waals surface area contributed by atoms with Crippen molar-refractivity contribution in [2.75, 3.05) is 10.0 Å². The van der Waals surface area contributed by atoms with Gasteiger partial charge in [-0.2, -0.15) is 0 Å². The van der Waals surface area contributed by atoms with E-state index >= 15 is 0 Å². The van der Waals surface area contributed by atoms with Crippen molar-refractivity contribution in [3.05, 3.63) is 88.6 Å². The summed E-state index contributed by atoms with van der Waals surface area (Å²) in [6.45, 7) is 1.37. The van der Waals surface area contributed by atoms with Crippen molar-refractivity contribution in [1.82, 2.24) is 4.57 Å². The van der Waals surface area contributed by atoms with Gasteiger partial charge in [0.15, 0.2) is 0 Å². The second-order valence-corrected chi connectivity index (χ2v) is 7.93. The molecule has 2 N–H and O–H groups in total. The zero-order valence-corrected chi connectivity index (χ0v) is 16.2. The van der Waals surface area contributed by atoms with Gasteiger partial charge >= 0.3 is 0 Å². The second kappa shape index (κ2) is 8.27. The standard InChI is InChI=1S/C20H18FN3O4S/c1-14-9-10-15(22-19(25)13-24-11-5-4-8-20(24)26)12-18(14)29(27,28)23-17-7-3-2-6-16(17)21/h2-12,23H,13H2,1H3,(H,22,25). The molecule has 29 heavy (non-hydrogen) atoms. The lowest BCUT2D eigenvalue weighted by Crippen LogP contribution is -2.26. The van der Waals surface area contributed by atoms with Crippen LogP contribution in [0, 0.1) is 12.7 Å². The molecular weight excluding hydrogens is 397 g/mol. The van der Waals surface area contributed by atoms with Gasteiger partial charge in [-0.05, 0) is 42.8 Å². The maximum atomic E-state index is 13.8. The Hall–Kier alpha value is -3.46. The Morgan fingerprint density at radius 2 is 1.79 bits per heavy atom. The van der Waals surface area contributed by atoms with E-state index in [-0.39, 0.29) is 28.4 Å². The highest BCUT2D eigenvalue weighted by atomic mass is 32.2. The summed E-state index contributed by atoms with van der Waals surface area (Å²) in [7, 11) is -4.09. The van der Waals surface area contributed by atoms with Gasteiger partial charge < -0.3 is 9.88 Å². The minimum Gasteiger partial charge on any atom is -0.324 e. The third-order valence-corrected chi connectivity index (χ3v) is 5.60. The number of hydrogen-bond acceptors (Lipinski definition) is 4. The van der Waals surface area contributed by atoms with Crippen LogP contribution in [0.1, 0.15) is 5.56 Å². The van der Waals surface area contributed by atoms with Crippen molar-refractivity contribution in [2.45, 2.75) is 18.4 Å². The van der Waals surface area contributed by atoms with Crippen LogP contribution < -0.4 is 15.6 Å². The second-order valence-electron chi connectivity index (χ2n) is 6.28. The Morgan fingerprint density at radius 3 is 2.52 bits per heavy atom. The molecule has 0 aliphatic carbocycles. The lowest BCUT2D eigenvalue weighted by molar-refractivity contribution is -0.116. The van der Waals surface area contributed by atoms with Crippen molar-refractivity contribution in [2.24, 2.45) is 0 Å². The number of benzene rings is 2. The smallest absolute Gasteiger partial charge is 0.262 e. The number of nitrogens with zero attached hydrogens (tertiary/aromatic N) is 1. The topological polar surface area (TPSA) is 97.3 Å². The molecular formula is C20H18FN3O4S. The summed E-state index contributed by atoms with van der Waals surface area (Å²) in [6.07, 6.45) is 1.48. The number of carbonyl (C=O) groups excluding carboxylic acids is 1. The van der Waals surface area contributed by atoms with E-state index in [9.17, 15) is 22.4 Å². The predicted molar refractivity (Wildman–Crippen MR) is 108 cm³/mol. The molecule has 0 radical (unpaired) electrons. The Kier molecular flexibility index (Phi) is 5.79. The molecule has 0 atom stereocenters. The summed E-state index contributed by atoms with van der Waals surface area (Å²) in [5.74, 6) is -1.20. The van der Waals surface area contributed by atoms with Crippen LogP contribution in [0.4, 0.5) is 15.8 Å². The van der Waals surface area contributed by atoms with Crippen LogP contribution in [0.3, 0.4) is 0 Å². The number of hydrogen-bond donors (Lipinski definition) is 2. The number of amides is 1. The number of aryl methyl sites for hydroxylation is 1. The fourth-order valence-corrected chi connectivity index (χ4v) is 4.00. The summed E-state index contributed by atoms with van der Waals surface area (Å²) < 4.78 is 42.7. The molecule has 0 fully saturated rings. The van der Waals surface area contributed by atoms with Crippen molar-refractivity contribution in [1.29, 1.82) is 0 Å². The Balaban J connectivity index is 1.82. The van der Waals surface area contributed by atoms with Crippen LogP contribution in [0.2, 0.25) is 0 Å². The largest absolute Gasteiger partial charge is 0.324 e. The van der Waals surface area contributed by atoms with Gasteiger partial charge in [0.25, 0.3) is 15.6 Å². The van der Waals surface area contributed by atoms with E-state index in [1.807, 2.05) is 0 Å². The number of carbonyl (C=O) groups is 1. The van der Waals surface area contributed by atoms with E-state index in [1.54, 1.807) is 25.1 Å². The summed E-state index contributed by atoms with van der Waals surface area (Å²) in [6, 6.07) is 14.3. The number of anilines is 2. The molecule has 9 heteroatoms. The molecule has 150 valence electrons. The molecule has 0 bridgehead atoms. The number of sulfonamides is 1. The molecule has 2 aromatic carbocycles. The summed E-state index contributed by atoms with van der Waals surface area (Å²) in [4.78, 5) is 23.8. The molecule has 1 amide bonds. The van der Waals surface area contributed by atoms with Crippen LogP contribution in [0.25, 0.3) is 0 Å². The van der Waals surface area contributed by atoms with Crippen LogP contribution >= 0.6 is 0 Å². The molecule has 0 aliphatic heterocycles. The average Bonchev–Trinajstić information content (AvgIpc) is 2.67. The average molecular weight is 415 g/mol. The first-order valence-electron chi connectivity index (χ1n) is 8.59. The van der Waals surface area contributed by atoms with Gasteiger partial charge in [-0.3, -0.25) is 14.3 Å². The quantitative estimate of drug-likeness (QED) is 0.647. The van der Waals surface area contributed by atoms with E-state index in [4.69, 9.17) is 0 Å². The minimum absolute atomic E-state index is 0.101. The normalized spacial score (nSPS) is 11.1. The molecule has 0 spiro atoms. The van der Waals surface area contributed by atoms with Gasteiger partial charge in [0, 0.05) is 18.0 Å². The zero-order chi connectivity index (χ0) is 21.0. The predicted octanol–water partition coefficient (Wildman–Crippen LogP) is 2.74. The van der Waals surface area contributed by atoms with E-state index in [0.717, 1.165) is 6.07 Å².